The molecule has 0 aliphatic rings. The molecule has 2 unspecified atom stereocenters. The summed E-state index contributed by atoms with van der Waals surface area (Å²) in [7, 11) is 0. The van der Waals surface area contributed by atoms with Crippen LogP contribution in [0, 0.1) is 0 Å². The van der Waals surface area contributed by atoms with E-state index in [1.165, 1.54) is 0 Å². The van der Waals surface area contributed by atoms with E-state index in [2.05, 4.69) is 0 Å². The predicted octanol–water partition coefficient (Wildman–Crippen LogP) is 0.435. The average molecular weight is 254 g/mol. The molecule has 4 N–H and O–H groups in total. The van der Waals surface area contributed by atoms with Crippen LogP contribution in [0.15, 0.2) is 24.3 Å². The lowest BCUT2D eigenvalue weighted by atomic mass is 9.84. The van der Waals surface area contributed by atoms with Crippen molar-refractivity contribution in [3.63, 3.8) is 0 Å². The van der Waals surface area contributed by atoms with Crippen molar-refractivity contribution < 1.29 is 25.2 Å². The second-order valence-corrected chi connectivity index (χ2v) is 4.75. The molecular weight excluding hydrogens is 236 g/mol. The van der Waals surface area contributed by atoms with Gasteiger partial charge in [-0.05, 0) is 25.0 Å². The molecule has 0 radical (unpaired) electrons. The zero-order valence-corrected chi connectivity index (χ0v) is 10.4. The molecule has 100 valence electrons. The zero-order chi connectivity index (χ0) is 13.9. The molecule has 0 heterocycles. The van der Waals surface area contributed by atoms with Crippen molar-refractivity contribution in [2.75, 3.05) is 6.61 Å². The molecule has 0 saturated heterocycles. The maximum Gasteiger partial charge on any atom is 0.313 e. The number of hydrogen-bond acceptors (Lipinski definition) is 4. The van der Waals surface area contributed by atoms with E-state index in [-0.39, 0.29) is 0 Å². The molecule has 5 heteroatoms. The number of aliphatic hydroxyl groups is 3. The van der Waals surface area contributed by atoms with Crippen LogP contribution in [0.5, 0.6) is 0 Å². The third kappa shape index (κ3) is 2.87. The van der Waals surface area contributed by atoms with Gasteiger partial charge in [0.25, 0.3) is 0 Å². The highest BCUT2D eigenvalue weighted by atomic mass is 16.4. The first-order chi connectivity index (χ1) is 8.30. The minimum Gasteiger partial charge on any atom is -0.481 e. The van der Waals surface area contributed by atoms with Crippen LogP contribution < -0.4 is 0 Å². The topological polar surface area (TPSA) is 98.0 Å². The third-order valence-electron chi connectivity index (χ3n) is 3.06. The lowest BCUT2D eigenvalue weighted by Gasteiger charge is -2.21. The van der Waals surface area contributed by atoms with Crippen LogP contribution in [0.2, 0.25) is 0 Å². The van der Waals surface area contributed by atoms with Gasteiger partial charge in [-0.25, -0.2) is 0 Å². The summed E-state index contributed by atoms with van der Waals surface area (Å²) in [4.78, 5) is 11.1. The van der Waals surface area contributed by atoms with Gasteiger partial charge in [-0.15, -0.1) is 0 Å². The number of hydrogen-bond donors (Lipinski definition) is 4. The summed E-state index contributed by atoms with van der Waals surface area (Å²) >= 11 is 0. The first kappa shape index (κ1) is 14.6. The molecule has 18 heavy (non-hydrogen) atoms. The Morgan fingerprint density at radius 2 is 1.72 bits per heavy atom. The highest BCUT2D eigenvalue weighted by molar-refractivity contribution is 5.80. The van der Waals surface area contributed by atoms with Crippen molar-refractivity contribution in [1.29, 1.82) is 0 Å². The van der Waals surface area contributed by atoms with E-state index in [4.69, 9.17) is 10.2 Å². The quantitative estimate of drug-likeness (QED) is 0.611. The van der Waals surface area contributed by atoms with Gasteiger partial charge in [0.15, 0.2) is 0 Å². The molecule has 0 fully saturated rings. The Labute approximate surface area is 105 Å². The molecule has 0 saturated carbocycles. The summed E-state index contributed by atoms with van der Waals surface area (Å²) in [5.74, 6) is -0.939. The number of aliphatic carboxylic acids is 1. The normalized spacial score (nSPS) is 15.2. The molecule has 0 spiro atoms. The van der Waals surface area contributed by atoms with Crippen molar-refractivity contribution in [2.24, 2.45) is 0 Å². The number of carboxylic acids is 1. The maximum atomic E-state index is 11.1. The second-order valence-electron chi connectivity index (χ2n) is 4.75. The van der Waals surface area contributed by atoms with Crippen LogP contribution in [0.3, 0.4) is 0 Å². The lowest BCUT2D eigenvalue weighted by molar-refractivity contribution is -0.142. The number of rotatable bonds is 5. The Kier molecular flexibility index (Phi) is 4.45. The number of carbonyl (C=O) groups is 1. The summed E-state index contributed by atoms with van der Waals surface area (Å²) in [6.07, 6.45) is -2.43. The molecule has 1 aromatic rings. The Morgan fingerprint density at radius 3 is 2.11 bits per heavy atom. The van der Waals surface area contributed by atoms with Crippen LogP contribution in [-0.4, -0.2) is 39.1 Å². The molecule has 0 aliphatic carbocycles. The first-order valence-corrected chi connectivity index (χ1v) is 5.61. The van der Waals surface area contributed by atoms with E-state index in [9.17, 15) is 15.0 Å². The van der Waals surface area contributed by atoms with E-state index in [1.807, 2.05) is 0 Å². The van der Waals surface area contributed by atoms with E-state index in [0.29, 0.717) is 11.1 Å². The predicted molar refractivity (Wildman–Crippen MR) is 65.2 cm³/mol. The van der Waals surface area contributed by atoms with Gasteiger partial charge in [-0.1, -0.05) is 24.3 Å². The molecule has 0 amide bonds. The van der Waals surface area contributed by atoms with Gasteiger partial charge >= 0.3 is 5.97 Å². The molecule has 0 aliphatic heterocycles. The Hall–Kier alpha value is -1.43. The lowest BCUT2D eigenvalue weighted by Crippen LogP contribution is -2.28. The average Bonchev–Trinajstić information content (AvgIpc) is 2.36. The molecule has 5 nitrogen and oxygen atoms in total. The van der Waals surface area contributed by atoms with Gasteiger partial charge < -0.3 is 20.4 Å². The fraction of sp³-hybridized carbons (Fsp3) is 0.462. The van der Waals surface area contributed by atoms with Gasteiger partial charge in [0, 0.05) is 0 Å². The number of benzene rings is 1. The van der Waals surface area contributed by atoms with Crippen molar-refractivity contribution in [3.05, 3.63) is 35.4 Å². The van der Waals surface area contributed by atoms with Gasteiger partial charge in [0.05, 0.1) is 12.0 Å². The first-order valence-electron chi connectivity index (χ1n) is 5.61. The zero-order valence-electron chi connectivity index (χ0n) is 10.4. The molecule has 1 rings (SSSR count). The standard InChI is InChI=1S/C13H18O5/c1-13(2,12(17)18)9-5-3-8(4-6-9)11(16)10(15)7-14/h3-6,10-11,14-16H,7H2,1-2H3,(H,17,18). The van der Waals surface area contributed by atoms with E-state index in [1.54, 1.807) is 38.1 Å². The molecule has 0 aromatic heterocycles. The van der Waals surface area contributed by atoms with Crippen molar-refractivity contribution in [3.8, 4) is 0 Å². The molecule has 2 atom stereocenters. The van der Waals surface area contributed by atoms with Crippen molar-refractivity contribution in [2.45, 2.75) is 31.5 Å². The smallest absolute Gasteiger partial charge is 0.313 e. The second kappa shape index (κ2) is 5.48. The van der Waals surface area contributed by atoms with E-state index in [0.717, 1.165) is 0 Å². The Bertz CT molecular complexity index is 410. The van der Waals surface area contributed by atoms with Gasteiger partial charge in [-0.2, -0.15) is 0 Å². The highest BCUT2D eigenvalue weighted by Gasteiger charge is 2.29. The molecule has 0 bridgehead atoms. The largest absolute Gasteiger partial charge is 0.481 e. The minimum absolute atomic E-state index is 0.432. The SMILES string of the molecule is CC(C)(C(=O)O)c1ccc(C(O)C(O)CO)cc1. The summed E-state index contributed by atoms with van der Waals surface area (Å²) in [5, 5.41) is 36.8. The monoisotopic (exact) mass is 254 g/mol. The maximum absolute atomic E-state index is 11.1. The van der Waals surface area contributed by atoms with Crippen LogP contribution in [0.1, 0.15) is 31.1 Å². The highest BCUT2D eigenvalue weighted by Crippen LogP contribution is 2.25. The van der Waals surface area contributed by atoms with Gasteiger partial charge in [-0.3, -0.25) is 4.79 Å². The van der Waals surface area contributed by atoms with Crippen molar-refractivity contribution in [1.82, 2.24) is 0 Å². The van der Waals surface area contributed by atoms with Crippen molar-refractivity contribution >= 4 is 5.97 Å². The number of aliphatic hydroxyl groups excluding tert-OH is 3. The van der Waals surface area contributed by atoms with Crippen LogP contribution in [-0.2, 0) is 10.2 Å². The molecular formula is C13H18O5. The fourth-order valence-electron chi connectivity index (χ4n) is 1.54. The Morgan fingerprint density at radius 1 is 1.22 bits per heavy atom. The van der Waals surface area contributed by atoms with E-state index >= 15 is 0 Å². The summed E-state index contributed by atoms with van der Waals surface area (Å²) < 4.78 is 0. The van der Waals surface area contributed by atoms with Crippen LogP contribution in [0.25, 0.3) is 0 Å². The Balaban J connectivity index is 2.96. The number of carboxylic acid groups (broad SMARTS) is 1. The summed E-state index contributed by atoms with van der Waals surface area (Å²) in [6, 6.07) is 6.28. The fourth-order valence-corrected chi connectivity index (χ4v) is 1.54. The summed E-state index contributed by atoms with van der Waals surface area (Å²) in [5.41, 5.74) is 0.0185. The molecule has 1 aromatic carbocycles. The third-order valence-corrected chi connectivity index (χ3v) is 3.06. The summed E-state index contributed by atoms with van der Waals surface area (Å²) in [6.45, 7) is 2.64. The van der Waals surface area contributed by atoms with E-state index < -0.39 is 30.2 Å². The van der Waals surface area contributed by atoms with Crippen LogP contribution >= 0.6 is 0 Å². The van der Waals surface area contributed by atoms with Gasteiger partial charge in [0.2, 0.25) is 0 Å². The van der Waals surface area contributed by atoms with Gasteiger partial charge in [0.1, 0.15) is 12.2 Å². The van der Waals surface area contributed by atoms with Crippen LogP contribution in [0.4, 0.5) is 0 Å². The minimum atomic E-state index is -1.25.